The number of aromatic nitrogens is 2. The number of nitro benzene ring substituents is 1. The second-order valence-corrected chi connectivity index (χ2v) is 8.80. The smallest absolute Gasteiger partial charge is 0.292 e. The maximum absolute atomic E-state index is 12.6. The Hall–Kier alpha value is -3.24. The summed E-state index contributed by atoms with van der Waals surface area (Å²) in [6, 6.07) is 12.0. The summed E-state index contributed by atoms with van der Waals surface area (Å²) in [5.74, 6) is 0.149. The van der Waals surface area contributed by atoms with Gasteiger partial charge < -0.3 is 14.5 Å². The van der Waals surface area contributed by atoms with E-state index in [-0.39, 0.29) is 39.7 Å². The van der Waals surface area contributed by atoms with Gasteiger partial charge in [0.05, 0.1) is 16.5 Å². The Balaban J connectivity index is 1.38. The predicted octanol–water partition coefficient (Wildman–Crippen LogP) is 6.88. The number of benzene rings is 2. The van der Waals surface area contributed by atoms with E-state index >= 15 is 0 Å². The van der Waals surface area contributed by atoms with Crippen LogP contribution in [0.1, 0.15) is 21.9 Å². The number of rotatable bonds is 8. The minimum Gasteiger partial charge on any atom is -0.484 e. The molecule has 13 heteroatoms. The molecule has 0 aliphatic rings. The number of nitro groups is 1. The van der Waals surface area contributed by atoms with Crippen molar-refractivity contribution >= 4 is 63.8 Å². The maximum Gasteiger partial charge on any atom is 0.292 e. The van der Waals surface area contributed by atoms with Crippen LogP contribution in [0.5, 0.6) is 5.75 Å². The first kappa shape index (κ1) is 24.9. The molecule has 0 atom stereocenters. The lowest BCUT2D eigenvalue weighted by Crippen LogP contribution is -2.12. The van der Waals surface area contributed by atoms with Crippen molar-refractivity contribution in [2.75, 3.05) is 5.32 Å². The van der Waals surface area contributed by atoms with Crippen molar-refractivity contribution in [3.8, 4) is 5.75 Å². The van der Waals surface area contributed by atoms with Gasteiger partial charge in [0.2, 0.25) is 0 Å². The molecular formula is C22H14Cl4N4O5. The van der Waals surface area contributed by atoms with Crippen molar-refractivity contribution in [3.63, 3.8) is 0 Å². The zero-order valence-corrected chi connectivity index (χ0v) is 20.5. The largest absolute Gasteiger partial charge is 0.484 e. The minimum atomic E-state index is -0.568. The first-order valence-corrected chi connectivity index (χ1v) is 11.3. The molecular weight excluding hydrogens is 542 g/mol. The fourth-order valence-corrected chi connectivity index (χ4v) is 3.90. The Kier molecular flexibility index (Phi) is 7.51. The van der Waals surface area contributed by atoms with Gasteiger partial charge in [0.1, 0.15) is 23.1 Å². The topological polar surface area (TPSA) is 112 Å². The lowest BCUT2D eigenvalue weighted by molar-refractivity contribution is -0.384. The Morgan fingerprint density at radius 1 is 1.06 bits per heavy atom. The number of halogens is 4. The van der Waals surface area contributed by atoms with Crippen LogP contribution >= 0.6 is 46.4 Å². The Labute approximate surface area is 218 Å². The molecule has 0 unspecified atom stereocenters. The molecule has 9 nitrogen and oxygen atoms in total. The average Bonchev–Trinajstić information content (AvgIpc) is 3.41. The molecule has 4 rings (SSSR count). The summed E-state index contributed by atoms with van der Waals surface area (Å²) in [6.45, 7) is 0.265. The lowest BCUT2D eigenvalue weighted by Gasteiger charge is -2.06. The zero-order chi connectivity index (χ0) is 25.1. The molecule has 0 radical (unpaired) electrons. The number of ether oxygens (including phenoxy) is 1. The number of hydrogen-bond acceptors (Lipinski definition) is 6. The van der Waals surface area contributed by atoms with Crippen molar-refractivity contribution in [2.45, 2.75) is 13.2 Å². The summed E-state index contributed by atoms with van der Waals surface area (Å²) in [5.41, 5.74) is 0.619. The highest BCUT2D eigenvalue weighted by Gasteiger charge is 2.17. The summed E-state index contributed by atoms with van der Waals surface area (Å²) in [6.07, 6.45) is 1.55. The van der Waals surface area contributed by atoms with E-state index in [0.717, 1.165) is 5.56 Å². The number of nitrogens with one attached hydrogen (secondary N) is 1. The first-order valence-electron chi connectivity index (χ1n) is 9.83. The van der Waals surface area contributed by atoms with E-state index in [0.29, 0.717) is 22.4 Å². The minimum absolute atomic E-state index is 0.00441. The molecule has 0 aliphatic carbocycles. The number of nitrogens with zero attached hydrogens (tertiary/aromatic N) is 3. The molecule has 0 saturated heterocycles. The fourth-order valence-electron chi connectivity index (χ4n) is 3.00. The van der Waals surface area contributed by atoms with Gasteiger partial charge in [0.15, 0.2) is 11.6 Å². The molecule has 2 heterocycles. The third kappa shape index (κ3) is 6.07. The molecule has 0 bridgehead atoms. The van der Waals surface area contributed by atoms with E-state index in [1.54, 1.807) is 30.5 Å². The first-order chi connectivity index (χ1) is 16.7. The molecule has 0 aliphatic heterocycles. The van der Waals surface area contributed by atoms with Crippen LogP contribution < -0.4 is 10.1 Å². The summed E-state index contributed by atoms with van der Waals surface area (Å²) in [4.78, 5) is 22.8. The number of amides is 1. The molecule has 2 aromatic carbocycles. The Morgan fingerprint density at radius 2 is 1.86 bits per heavy atom. The fraction of sp³-hybridized carbons (Fsp3) is 0.0909. The summed E-state index contributed by atoms with van der Waals surface area (Å²) in [5, 5.41) is 19.0. The third-order valence-electron chi connectivity index (χ3n) is 4.68. The summed E-state index contributed by atoms with van der Waals surface area (Å²) in [7, 11) is 0. The molecule has 0 spiro atoms. The van der Waals surface area contributed by atoms with Crippen LogP contribution in [0, 0.1) is 10.1 Å². The van der Waals surface area contributed by atoms with E-state index in [9.17, 15) is 14.9 Å². The third-order valence-corrected chi connectivity index (χ3v) is 5.84. The molecule has 1 amide bonds. The number of carbonyl (C=O) groups excluding carboxylic acids is 1. The molecule has 35 heavy (non-hydrogen) atoms. The van der Waals surface area contributed by atoms with Gasteiger partial charge in [-0.05, 0) is 35.9 Å². The van der Waals surface area contributed by atoms with Gasteiger partial charge in [-0.1, -0.05) is 52.5 Å². The summed E-state index contributed by atoms with van der Waals surface area (Å²) < 4.78 is 12.6. The van der Waals surface area contributed by atoms with E-state index in [1.165, 1.54) is 28.9 Å². The maximum atomic E-state index is 12.6. The highest BCUT2D eigenvalue weighted by molar-refractivity contribution is 6.35. The molecule has 180 valence electrons. The standard InChI is InChI=1S/C22H14Cl4N4O5/c23-13-2-1-12(16(24)7-13)9-29-10-18(26)21(28-29)27-22(31)20-6-4-15(35-20)11-34-19-5-3-14(30(32)33)8-17(19)25/h1-8,10H,9,11H2,(H,27,28,31). The van der Waals surface area contributed by atoms with E-state index < -0.39 is 10.8 Å². The van der Waals surface area contributed by atoms with Gasteiger partial charge in [0.25, 0.3) is 11.6 Å². The van der Waals surface area contributed by atoms with Gasteiger partial charge in [-0.3, -0.25) is 19.6 Å². The number of furan rings is 1. The van der Waals surface area contributed by atoms with E-state index in [2.05, 4.69) is 10.4 Å². The van der Waals surface area contributed by atoms with Gasteiger partial charge in [-0.25, -0.2) is 0 Å². The van der Waals surface area contributed by atoms with Crippen molar-refractivity contribution in [3.05, 3.63) is 102 Å². The number of carbonyl (C=O) groups is 1. The molecule has 1 N–H and O–H groups in total. The van der Waals surface area contributed by atoms with Crippen LogP contribution in [0.3, 0.4) is 0 Å². The van der Waals surface area contributed by atoms with Crippen LogP contribution in [-0.4, -0.2) is 20.6 Å². The van der Waals surface area contributed by atoms with Crippen molar-refractivity contribution in [1.29, 1.82) is 0 Å². The van der Waals surface area contributed by atoms with Gasteiger partial charge >= 0.3 is 0 Å². The number of anilines is 1. The van der Waals surface area contributed by atoms with Crippen LogP contribution in [0.15, 0.2) is 59.1 Å². The number of hydrogen-bond donors (Lipinski definition) is 1. The molecule has 2 aromatic heterocycles. The molecule has 0 saturated carbocycles. The van der Waals surface area contributed by atoms with E-state index in [4.69, 9.17) is 55.6 Å². The van der Waals surface area contributed by atoms with Crippen molar-refractivity contribution in [2.24, 2.45) is 0 Å². The summed E-state index contributed by atoms with van der Waals surface area (Å²) >= 11 is 24.3. The lowest BCUT2D eigenvalue weighted by atomic mass is 10.2. The quantitative estimate of drug-likeness (QED) is 0.187. The van der Waals surface area contributed by atoms with Crippen LogP contribution in [0.2, 0.25) is 20.1 Å². The average molecular weight is 556 g/mol. The zero-order valence-electron chi connectivity index (χ0n) is 17.5. The second-order valence-electron chi connectivity index (χ2n) is 7.14. The predicted molar refractivity (Wildman–Crippen MR) is 132 cm³/mol. The number of non-ortho nitro benzene ring substituents is 1. The van der Waals surface area contributed by atoms with Crippen LogP contribution in [-0.2, 0) is 13.2 Å². The molecule has 0 fully saturated rings. The van der Waals surface area contributed by atoms with Gasteiger partial charge in [0, 0.05) is 28.4 Å². The van der Waals surface area contributed by atoms with E-state index in [1.807, 2.05) is 0 Å². The van der Waals surface area contributed by atoms with Gasteiger partial charge in [-0.15, -0.1) is 0 Å². The Morgan fingerprint density at radius 3 is 2.57 bits per heavy atom. The van der Waals surface area contributed by atoms with Crippen molar-refractivity contribution < 1.29 is 18.9 Å². The molecule has 4 aromatic rings. The van der Waals surface area contributed by atoms with Gasteiger partial charge in [-0.2, -0.15) is 5.10 Å². The van der Waals surface area contributed by atoms with Crippen LogP contribution in [0.25, 0.3) is 0 Å². The second kappa shape index (κ2) is 10.6. The van der Waals surface area contributed by atoms with Crippen LogP contribution in [0.4, 0.5) is 11.5 Å². The highest BCUT2D eigenvalue weighted by Crippen LogP contribution is 2.30. The monoisotopic (exact) mass is 554 g/mol. The Bertz CT molecular complexity index is 1420. The SMILES string of the molecule is O=C(Nc1nn(Cc2ccc(Cl)cc2Cl)cc1Cl)c1ccc(COc2ccc([N+](=O)[O-])cc2Cl)o1. The normalized spacial score (nSPS) is 10.9. The van der Waals surface area contributed by atoms with Crippen molar-refractivity contribution in [1.82, 2.24) is 9.78 Å². The highest BCUT2D eigenvalue weighted by atomic mass is 35.5.